The van der Waals surface area contributed by atoms with E-state index in [1.54, 1.807) is 0 Å². The minimum absolute atomic E-state index is 0.0840. The second-order valence-electron chi connectivity index (χ2n) is 3.87. The third-order valence-electron chi connectivity index (χ3n) is 2.28. The standard InChI is InChI=1S/C12H9BrF3N3O2/c13-7-5-6(1-3-9(7)21-12(14,15)16)20-10-4-2-8(17)11(18)19-10/h1-5H,17H2,(H2,18,19). The van der Waals surface area contributed by atoms with E-state index in [1.807, 2.05) is 0 Å². The van der Waals surface area contributed by atoms with Gasteiger partial charge in [-0.3, -0.25) is 0 Å². The van der Waals surface area contributed by atoms with Gasteiger partial charge in [0.15, 0.2) is 5.82 Å². The highest BCUT2D eigenvalue weighted by molar-refractivity contribution is 9.10. The van der Waals surface area contributed by atoms with Gasteiger partial charge in [0.1, 0.15) is 11.5 Å². The van der Waals surface area contributed by atoms with Crippen molar-refractivity contribution in [2.75, 3.05) is 11.5 Å². The summed E-state index contributed by atoms with van der Waals surface area (Å²) >= 11 is 2.97. The van der Waals surface area contributed by atoms with Crippen molar-refractivity contribution in [3.8, 4) is 17.4 Å². The van der Waals surface area contributed by atoms with Crippen LogP contribution in [0.25, 0.3) is 0 Å². The Morgan fingerprint density at radius 1 is 1.10 bits per heavy atom. The summed E-state index contributed by atoms with van der Waals surface area (Å²) in [5, 5.41) is 0. The van der Waals surface area contributed by atoms with Gasteiger partial charge in [-0.1, -0.05) is 0 Å². The first-order valence-electron chi connectivity index (χ1n) is 5.50. The van der Waals surface area contributed by atoms with Gasteiger partial charge in [-0.2, -0.15) is 4.98 Å². The lowest BCUT2D eigenvalue weighted by molar-refractivity contribution is -0.274. The summed E-state index contributed by atoms with van der Waals surface area (Å²) in [5.74, 6) is 0.148. The van der Waals surface area contributed by atoms with Crippen molar-refractivity contribution in [1.82, 2.24) is 4.98 Å². The molecule has 9 heteroatoms. The third-order valence-corrected chi connectivity index (χ3v) is 2.90. The molecule has 1 heterocycles. The van der Waals surface area contributed by atoms with Crippen LogP contribution in [0.1, 0.15) is 0 Å². The number of hydrogen-bond donors (Lipinski definition) is 2. The lowest BCUT2D eigenvalue weighted by Gasteiger charge is -2.12. The summed E-state index contributed by atoms with van der Waals surface area (Å²) in [6.07, 6.45) is -4.77. The number of nitrogens with zero attached hydrogens (tertiary/aromatic N) is 1. The number of hydrogen-bond acceptors (Lipinski definition) is 5. The van der Waals surface area contributed by atoms with Gasteiger partial charge in [0.2, 0.25) is 5.88 Å². The molecule has 0 unspecified atom stereocenters. The Morgan fingerprint density at radius 2 is 1.81 bits per heavy atom. The molecule has 1 aromatic carbocycles. The Kier molecular flexibility index (Phi) is 4.12. The zero-order valence-electron chi connectivity index (χ0n) is 10.3. The topological polar surface area (TPSA) is 83.4 Å². The van der Waals surface area contributed by atoms with E-state index in [-0.39, 0.29) is 27.7 Å². The first kappa shape index (κ1) is 15.2. The number of pyridine rings is 1. The number of halogens is 4. The Balaban J connectivity index is 2.18. The number of ether oxygens (including phenoxy) is 2. The van der Waals surface area contributed by atoms with Gasteiger partial charge in [0, 0.05) is 6.07 Å². The summed E-state index contributed by atoms with van der Waals surface area (Å²) < 4.78 is 45.7. The fraction of sp³-hybridized carbons (Fsp3) is 0.0833. The second kappa shape index (κ2) is 5.68. The molecule has 0 aliphatic carbocycles. The average Bonchev–Trinajstić information content (AvgIpc) is 2.36. The Bertz CT molecular complexity index is 665. The van der Waals surface area contributed by atoms with Crippen LogP contribution in [0.2, 0.25) is 0 Å². The van der Waals surface area contributed by atoms with Crippen LogP contribution in [0, 0.1) is 0 Å². The van der Waals surface area contributed by atoms with Gasteiger partial charge < -0.3 is 20.9 Å². The van der Waals surface area contributed by atoms with Crippen molar-refractivity contribution in [2.24, 2.45) is 0 Å². The molecule has 0 amide bonds. The first-order chi connectivity index (χ1) is 9.74. The van der Waals surface area contributed by atoms with Crippen molar-refractivity contribution in [2.45, 2.75) is 6.36 Å². The fourth-order valence-corrected chi connectivity index (χ4v) is 1.84. The molecule has 0 bridgehead atoms. The minimum Gasteiger partial charge on any atom is -0.439 e. The molecule has 0 aliphatic rings. The predicted octanol–water partition coefficient (Wildman–Crippen LogP) is 3.70. The number of nitrogen functional groups attached to an aromatic ring is 2. The van der Waals surface area contributed by atoms with Crippen LogP contribution in [0.4, 0.5) is 24.7 Å². The zero-order valence-corrected chi connectivity index (χ0v) is 11.9. The molecular weight excluding hydrogens is 355 g/mol. The maximum atomic E-state index is 12.1. The van der Waals surface area contributed by atoms with E-state index >= 15 is 0 Å². The molecule has 0 radical (unpaired) electrons. The lowest BCUT2D eigenvalue weighted by atomic mass is 10.3. The number of anilines is 2. The molecule has 0 spiro atoms. The van der Waals surface area contributed by atoms with E-state index < -0.39 is 6.36 Å². The van der Waals surface area contributed by atoms with E-state index in [0.29, 0.717) is 5.69 Å². The minimum atomic E-state index is -4.77. The molecule has 0 aliphatic heterocycles. The third kappa shape index (κ3) is 4.15. The molecule has 2 rings (SSSR count). The molecule has 112 valence electrons. The van der Waals surface area contributed by atoms with E-state index in [4.69, 9.17) is 16.2 Å². The molecular formula is C12H9BrF3N3O2. The van der Waals surface area contributed by atoms with E-state index in [9.17, 15) is 13.2 Å². The average molecular weight is 364 g/mol. The Hall–Kier alpha value is -2.16. The molecule has 5 nitrogen and oxygen atoms in total. The smallest absolute Gasteiger partial charge is 0.439 e. The molecule has 0 fully saturated rings. The summed E-state index contributed by atoms with van der Waals surface area (Å²) in [5.41, 5.74) is 11.3. The van der Waals surface area contributed by atoms with Crippen molar-refractivity contribution in [3.63, 3.8) is 0 Å². The van der Waals surface area contributed by atoms with Gasteiger partial charge in [-0.25, -0.2) is 0 Å². The lowest BCUT2D eigenvalue weighted by Crippen LogP contribution is -2.17. The Morgan fingerprint density at radius 3 is 2.38 bits per heavy atom. The summed E-state index contributed by atoms with van der Waals surface area (Å²) in [6, 6.07) is 6.73. The highest BCUT2D eigenvalue weighted by Gasteiger charge is 2.32. The molecule has 0 saturated heterocycles. The fourth-order valence-electron chi connectivity index (χ4n) is 1.40. The highest BCUT2D eigenvalue weighted by Crippen LogP contribution is 2.34. The predicted molar refractivity (Wildman–Crippen MR) is 74.0 cm³/mol. The maximum absolute atomic E-state index is 12.1. The first-order valence-corrected chi connectivity index (χ1v) is 6.29. The van der Waals surface area contributed by atoms with E-state index in [2.05, 4.69) is 25.7 Å². The van der Waals surface area contributed by atoms with Crippen molar-refractivity contribution < 1.29 is 22.6 Å². The number of aromatic nitrogens is 1. The molecule has 21 heavy (non-hydrogen) atoms. The normalized spacial score (nSPS) is 11.2. The van der Waals surface area contributed by atoms with Crippen LogP contribution in [0.5, 0.6) is 17.4 Å². The van der Waals surface area contributed by atoms with Crippen molar-refractivity contribution in [1.29, 1.82) is 0 Å². The van der Waals surface area contributed by atoms with Gasteiger partial charge in [0.25, 0.3) is 0 Å². The molecule has 2 aromatic rings. The number of benzene rings is 1. The monoisotopic (exact) mass is 363 g/mol. The summed E-state index contributed by atoms with van der Waals surface area (Å²) in [6.45, 7) is 0. The Labute approximate surface area is 125 Å². The molecule has 0 atom stereocenters. The maximum Gasteiger partial charge on any atom is 0.573 e. The summed E-state index contributed by atoms with van der Waals surface area (Å²) in [4.78, 5) is 3.88. The number of rotatable bonds is 3. The van der Waals surface area contributed by atoms with Crippen LogP contribution in [0.3, 0.4) is 0 Å². The summed E-state index contributed by atoms with van der Waals surface area (Å²) in [7, 11) is 0. The van der Waals surface area contributed by atoms with Crippen LogP contribution in [-0.2, 0) is 0 Å². The highest BCUT2D eigenvalue weighted by atomic mass is 79.9. The van der Waals surface area contributed by atoms with Gasteiger partial charge in [0.05, 0.1) is 10.2 Å². The van der Waals surface area contributed by atoms with Crippen LogP contribution in [0.15, 0.2) is 34.8 Å². The molecule has 4 N–H and O–H groups in total. The van der Waals surface area contributed by atoms with Crippen molar-refractivity contribution in [3.05, 3.63) is 34.8 Å². The van der Waals surface area contributed by atoms with Crippen molar-refractivity contribution >= 4 is 27.4 Å². The largest absolute Gasteiger partial charge is 0.573 e. The van der Waals surface area contributed by atoms with Crippen LogP contribution < -0.4 is 20.9 Å². The van der Waals surface area contributed by atoms with Gasteiger partial charge in [-0.15, -0.1) is 13.2 Å². The number of nitrogens with two attached hydrogens (primary N) is 2. The molecule has 0 saturated carbocycles. The van der Waals surface area contributed by atoms with Gasteiger partial charge in [-0.05, 0) is 40.2 Å². The zero-order chi connectivity index (χ0) is 15.6. The number of alkyl halides is 3. The second-order valence-corrected chi connectivity index (χ2v) is 4.72. The van der Waals surface area contributed by atoms with E-state index in [1.165, 1.54) is 24.3 Å². The van der Waals surface area contributed by atoms with Crippen LogP contribution in [-0.4, -0.2) is 11.3 Å². The quantitative estimate of drug-likeness (QED) is 0.868. The molecule has 1 aromatic heterocycles. The van der Waals surface area contributed by atoms with Crippen LogP contribution >= 0.6 is 15.9 Å². The SMILES string of the molecule is Nc1ccc(Oc2ccc(OC(F)(F)F)c(Br)c2)nc1N. The van der Waals surface area contributed by atoms with Gasteiger partial charge >= 0.3 is 6.36 Å². The van der Waals surface area contributed by atoms with E-state index in [0.717, 1.165) is 6.07 Å².